The lowest BCUT2D eigenvalue weighted by Gasteiger charge is -2.35. The second-order valence-corrected chi connectivity index (χ2v) is 18.1. The Labute approximate surface area is 337 Å². The second-order valence-electron chi connectivity index (χ2n) is 17.2. The number of carbonyl (C=O) groups is 2. The number of amides is 2. The van der Waals surface area contributed by atoms with E-state index in [0.29, 0.717) is 32.0 Å². The predicted molar refractivity (Wildman–Crippen MR) is 225 cm³/mol. The van der Waals surface area contributed by atoms with Crippen LogP contribution >= 0.6 is 11.3 Å². The van der Waals surface area contributed by atoms with Crippen LogP contribution in [-0.2, 0) is 38.4 Å². The molecule has 304 valence electrons. The Kier molecular flexibility index (Phi) is 13.4. The molecule has 56 heavy (non-hydrogen) atoms. The van der Waals surface area contributed by atoms with Crippen molar-refractivity contribution >= 4 is 34.1 Å². The molecule has 4 aromatic rings. The first-order chi connectivity index (χ1) is 26.7. The highest BCUT2D eigenvalue weighted by Gasteiger charge is 2.40. The van der Waals surface area contributed by atoms with Gasteiger partial charge in [-0.1, -0.05) is 33.8 Å². The van der Waals surface area contributed by atoms with Gasteiger partial charge in [0.15, 0.2) is 0 Å². The summed E-state index contributed by atoms with van der Waals surface area (Å²) in [5.74, 6) is 0.295. The third-order valence-electron chi connectivity index (χ3n) is 11.7. The number of rotatable bonds is 15. The van der Waals surface area contributed by atoms with Gasteiger partial charge in [-0.25, -0.2) is 10.4 Å². The van der Waals surface area contributed by atoms with Crippen LogP contribution in [0.15, 0.2) is 41.9 Å². The van der Waals surface area contributed by atoms with Gasteiger partial charge in [0, 0.05) is 86.5 Å². The van der Waals surface area contributed by atoms with Gasteiger partial charge in [-0.15, -0.1) is 11.3 Å². The number of hydrogen-bond acceptors (Lipinski definition) is 9. The molecule has 2 fully saturated rings. The minimum atomic E-state index is -0.723. The molecule has 0 aliphatic carbocycles. The number of hydrogen-bond donors (Lipinski definition) is 2. The zero-order valence-electron chi connectivity index (χ0n) is 35.1. The SMILES string of the molecule is CCn1c(-c2cccnc2[C@H](C)OC)c(CC(C)(C)COC)c2cc(-c3csc(C[C@H](NC(=O)[C@@H]4CN(C)C[C@H]4C(C)C)C(=O)N4CCC[C@@H](C)N4)n3)ccc21. The molecular formula is C44H63N7O4S. The van der Waals surface area contributed by atoms with Crippen LogP contribution in [0.4, 0.5) is 0 Å². The molecule has 5 heterocycles. The summed E-state index contributed by atoms with van der Waals surface area (Å²) >= 11 is 1.54. The Morgan fingerprint density at radius 2 is 1.93 bits per heavy atom. The molecule has 2 N–H and O–H groups in total. The van der Waals surface area contributed by atoms with Gasteiger partial charge in [0.25, 0.3) is 5.91 Å². The zero-order chi connectivity index (χ0) is 40.3. The lowest BCUT2D eigenvalue weighted by atomic mass is 9.84. The maximum atomic E-state index is 14.2. The fraction of sp³-hybridized carbons (Fsp3) is 0.591. The van der Waals surface area contributed by atoms with Crippen molar-refractivity contribution in [2.75, 3.05) is 47.5 Å². The van der Waals surface area contributed by atoms with Crippen LogP contribution in [0.2, 0.25) is 0 Å². The normalized spacial score (nSPS) is 20.6. The Morgan fingerprint density at radius 3 is 2.62 bits per heavy atom. The van der Waals surface area contributed by atoms with E-state index in [-0.39, 0.29) is 41.2 Å². The average molecular weight is 786 g/mol. The molecule has 0 bridgehead atoms. The van der Waals surface area contributed by atoms with Crippen molar-refractivity contribution in [3.05, 3.63) is 58.2 Å². The average Bonchev–Trinajstić information content (AvgIpc) is 3.89. The minimum Gasteiger partial charge on any atom is -0.384 e. The Hall–Kier alpha value is -3.68. The summed E-state index contributed by atoms with van der Waals surface area (Å²) in [6.45, 7) is 18.8. The van der Waals surface area contributed by atoms with Gasteiger partial charge < -0.3 is 24.3 Å². The number of nitrogens with zero attached hydrogens (tertiary/aromatic N) is 5. The third-order valence-corrected chi connectivity index (χ3v) is 12.6. The summed E-state index contributed by atoms with van der Waals surface area (Å²) in [6.07, 6.45) is 4.71. The summed E-state index contributed by atoms with van der Waals surface area (Å²) in [4.78, 5) is 40.3. The van der Waals surface area contributed by atoms with Crippen molar-refractivity contribution in [1.82, 2.24) is 35.2 Å². The molecule has 5 atom stereocenters. The predicted octanol–water partition coefficient (Wildman–Crippen LogP) is 7.15. The van der Waals surface area contributed by atoms with Gasteiger partial charge >= 0.3 is 0 Å². The van der Waals surface area contributed by atoms with E-state index in [1.807, 2.05) is 19.2 Å². The molecule has 2 aliphatic heterocycles. The van der Waals surface area contributed by atoms with Gasteiger partial charge in [0.1, 0.15) is 6.04 Å². The topological polar surface area (TPSA) is 114 Å². The molecular weight excluding hydrogens is 723 g/mol. The van der Waals surface area contributed by atoms with E-state index in [9.17, 15) is 9.59 Å². The molecule has 0 spiro atoms. The van der Waals surface area contributed by atoms with E-state index in [1.54, 1.807) is 30.6 Å². The molecule has 0 unspecified atom stereocenters. The lowest BCUT2D eigenvalue weighted by molar-refractivity contribution is -0.142. The first kappa shape index (κ1) is 41.9. The standard InChI is InChI=1S/C44H63N7O4S/c1-11-50-38-17-16-30(20-32(38)33(22-44(6,7)26-54-9)41(50)31-15-12-18-45-40(31)29(5)55-10)37-25-56-39(46-37)21-36(43(53)51-19-13-14-28(4)48-51)47-42(52)35-24-49(8)23-34(35)27(2)3/h12,15-18,20,25,27-29,34-36,48H,11,13-14,19,21-24,26H2,1-10H3,(H,47,52)/t28-,29+,34+,35-,36+/m1/s1. The lowest BCUT2D eigenvalue weighted by Crippen LogP contribution is -2.58. The van der Waals surface area contributed by atoms with Gasteiger partial charge in [0.2, 0.25) is 5.91 Å². The van der Waals surface area contributed by atoms with Crippen LogP contribution < -0.4 is 10.7 Å². The number of benzene rings is 1. The zero-order valence-corrected chi connectivity index (χ0v) is 36.0. The molecule has 12 heteroatoms. The Morgan fingerprint density at radius 1 is 1.14 bits per heavy atom. The van der Waals surface area contributed by atoms with Crippen molar-refractivity contribution in [3.63, 3.8) is 0 Å². The number of aromatic nitrogens is 3. The smallest absolute Gasteiger partial charge is 0.259 e. The monoisotopic (exact) mass is 785 g/mol. The van der Waals surface area contributed by atoms with Crippen molar-refractivity contribution in [1.29, 1.82) is 0 Å². The van der Waals surface area contributed by atoms with Crippen LogP contribution in [0.3, 0.4) is 0 Å². The number of nitrogens with one attached hydrogen (secondary N) is 2. The highest BCUT2D eigenvalue weighted by Crippen LogP contribution is 2.42. The maximum absolute atomic E-state index is 14.2. The molecule has 2 aliphatic rings. The van der Waals surface area contributed by atoms with E-state index < -0.39 is 6.04 Å². The second kappa shape index (κ2) is 17.9. The van der Waals surface area contributed by atoms with Gasteiger partial charge in [-0.2, -0.15) is 0 Å². The number of ether oxygens (including phenoxy) is 2. The summed E-state index contributed by atoms with van der Waals surface area (Å²) in [6, 6.07) is 10.3. The van der Waals surface area contributed by atoms with Crippen molar-refractivity contribution in [2.24, 2.45) is 23.2 Å². The molecule has 6 rings (SSSR count). The highest BCUT2D eigenvalue weighted by molar-refractivity contribution is 7.10. The quantitative estimate of drug-likeness (QED) is 0.131. The number of likely N-dealkylation sites (tertiary alicyclic amines) is 1. The van der Waals surface area contributed by atoms with Crippen molar-refractivity contribution in [3.8, 4) is 22.5 Å². The third kappa shape index (κ3) is 9.05. The number of aryl methyl sites for hydroxylation is 1. The number of fused-ring (bicyclic) bond motifs is 1. The van der Waals surface area contributed by atoms with Crippen molar-refractivity contribution in [2.45, 2.75) is 98.9 Å². The van der Waals surface area contributed by atoms with Gasteiger partial charge in [0.05, 0.1) is 40.7 Å². The molecule has 3 aromatic heterocycles. The summed E-state index contributed by atoms with van der Waals surface area (Å²) in [5, 5.41) is 9.00. The van der Waals surface area contributed by atoms with E-state index in [2.05, 4.69) is 98.4 Å². The van der Waals surface area contributed by atoms with Crippen LogP contribution in [0.1, 0.15) is 83.7 Å². The van der Waals surface area contributed by atoms with Crippen LogP contribution in [0.5, 0.6) is 0 Å². The van der Waals surface area contributed by atoms with E-state index in [4.69, 9.17) is 19.4 Å². The highest BCUT2D eigenvalue weighted by atomic mass is 32.1. The molecule has 2 saturated heterocycles. The number of hydrazine groups is 1. The number of thiazole rings is 1. The van der Waals surface area contributed by atoms with Gasteiger partial charge in [-0.3, -0.25) is 19.6 Å². The molecule has 1 aromatic carbocycles. The largest absolute Gasteiger partial charge is 0.384 e. The Balaban J connectivity index is 1.37. The molecule has 2 amide bonds. The number of pyridine rings is 1. The summed E-state index contributed by atoms with van der Waals surface area (Å²) in [5.41, 5.74) is 10.6. The molecule has 11 nitrogen and oxygen atoms in total. The molecule has 0 saturated carbocycles. The maximum Gasteiger partial charge on any atom is 0.259 e. The van der Waals surface area contributed by atoms with E-state index >= 15 is 0 Å². The van der Waals surface area contributed by atoms with Crippen LogP contribution in [0.25, 0.3) is 33.4 Å². The summed E-state index contributed by atoms with van der Waals surface area (Å²) in [7, 11) is 5.56. The fourth-order valence-electron chi connectivity index (χ4n) is 8.86. The van der Waals surface area contributed by atoms with E-state index in [1.165, 1.54) is 10.9 Å². The summed E-state index contributed by atoms with van der Waals surface area (Å²) < 4.78 is 13.9. The van der Waals surface area contributed by atoms with E-state index in [0.717, 1.165) is 71.1 Å². The van der Waals surface area contributed by atoms with Crippen molar-refractivity contribution < 1.29 is 19.1 Å². The first-order valence-corrected chi connectivity index (χ1v) is 21.3. The van der Waals surface area contributed by atoms with Crippen LogP contribution in [-0.4, -0.2) is 95.9 Å². The number of carbonyl (C=O) groups excluding carboxylic acids is 2. The van der Waals surface area contributed by atoms with Gasteiger partial charge in [-0.05, 0) is 94.2 Å². The number of methoxy groups -OCH3 is 2. The molecule has 0 radical (unpaired) electrons. The van der Waals surface area contributed by atoms with Crippen LogP contribution in [0, 0.1) is 23.2 Å². The Bertz CT molecular complexity index is 1990. The minimum absolute atomic E-state index is 0.0458. The fourth-order valence-corrected chi connectivity index (χ4v) is 9.71. The first-order valence-electron chi connectivity index (χ1n) is 20.4.